The van der Waals surface area contributed by atoms with Crippen LogP contribution in [0.25, 0.3) is 11.3 Å². The molecule has 0 aliphatic carbocycles. The minimum Gasteiger partial charge on any atom is -0.342 e. The van der Waals surface area contributed by atoms with Crippen molar-refractivity contribution >= 4 is 0 Å². The molecule has 1 saturated heterocycles. The van der Waals surface area contributed by atoms with Gasteiger partial charge in [0.1, 0.15) is 5.82 Å². The molecule has 0 radical (unpaired) electrons. The van der Waals surface area contributed by atoms with E-state index < -0.39 is 0 Å². The molecular weight excluding hydrogens is 214 g/mol. The van der Waals surface area contributed by atoms with Crippen molar-refractivity contribution in [3.05, 3.63) is 23.9 Å². The summed E-state index contributed by atoms with van der Waals surface area (Å²) in [6, 6.07) is 0. The molecule has 17 heavy (non-hydrogen) atoms. The molecule has 0 bridgehead atoms. The highest BCUT2D eigenvalue weighted by Gasteiger charge is 2.20. The van der Waals surface area contributed by atoms with E-state index in [-0.39, 0.29) is 0 Å². The Morgan fingerprint density at radius 1 is 1.47 bits per heavy atom. The largest absolute Gasteiger partial charge is 0.342 e. The molecule has 5 heteroatoms. The van der Waals surface area contributed by atoms with Gasteiger partial charge in [0.25, 0.3) is 0 Å². The van der Waals surface area contributed by atoms with Gasteiger partial charge < -0.3 is 10.3 Å². The molecule has 1 atom stereocenters. The molecule has 1 aliphatic heterocycles. The van der Waals surface area contributed by atoms with Gasteiger partial charge in [-0.25, -0.2) is 4.98 Å². The van der Waals surface area contributed by atoms with Gasteiger partial charge >= 0.3 is 0 Å². The highest BCUT2D eigenvalue weighted by molar-refractivity contribution is 5.60. The fourth-order valence-corrected chi connectivity index (χ4v) is 2.43. The predicted molar refractivity (Wildman–Crippen MR) is 65.8 cm³/mol. The van der Waals surface area contributed by atoms with Crippen molar-refractivity contribution in [3.63, 3.8) is 0 Å². The molecule has 1 aliphatic rings. The van der Waals surface area contributed by atoms with Crippen LogP contribution < -0.4 is 5.32 Å². The lowest BCUT2D eigenvalue weighted by Crippen LogP contribution is -2.08. The fraction of sp³-hybridized carbons (Fsp3) is 0.500. The van der Waals surface area contributed by atoms with Crippen LogP contribution in [-0.4, -0.2) is 32.8 Å². The SMILES string of the molecule is Cc1nn(C)cc1-c1cnc(C2CCNC2)[nH]1. The summed E-state index contributed by atoms with van der Waals surface area (Å²) in [5.74, 6) is 1.62. The second kappa shape index (κ2) is 4.00. The Hall–Kier alpha value is -1.62. The van der Waals surface area contributed by atoms with E-state index in [1.807, 2.05) is 31.0 Å². The molecule has 3 heterocycles. The fourth-order valence-electron chi connectivity index (χ4n) is 2.43. The number of nitrogens with one attached hydrogen (secondary N) is 2. The van der Waals surface area contributed by atoms with Crippen LogP contribution in [-0.2, 0) is 7.05 Å². The summed E-state index contributed by atoms with van der Waals surface area (Å²) >= 11 is 0. The van der Waals surface area contributed by atoms with Crippen LogP contribution in [0.5, 0.6) is 0 Å². The van der Waals surface area contributed by atoms with E-state index in [0.29, 0.717) is 5.92 Å². The molecular formula is C12H17N5. The second-order valence-electron chi connectivity index (χ2n) is 4.67. The minimum absolute atomic E-state index is 0.528. The number of rotatable bonds is 2. The van der Waals surface area contributed by atoms with E-state index in [0.717, 1.165) is 35.9 Å². The van der Waals surface area contributed by atoms with Crippen molar-refractivity contribution in [1.29, 1.82) is 0 Å². The number of H-pyrrole nitrogens is 1. The van der Waals surface area contributed by atoms with E-state index in [1.165, 1.54) is 6.42 Å². The van der Waals surface area contributed by atoms with Gasteiger partial charge in [-0.05, 0) is 19.9 Å². The molecule has 3 rings (SSSR count). The van der Waals surface area contributed by atoms with E-state index in [2.05, 4.69) is 20.4 Å². The summed E-state index contributed by atoms with van der Waals surface area (Å²) in [5, 5.41) is 7.71. The van der Waals surface area contributed by atoms with Crippen LogP contribution in [0.3, 0.4) is 0 Å². The van der Waals surface area contributed by atoms with Crippen LogP contribution in [0.4, 0.5) is 0 Å². The van der Waals surface area contributed by atoms with Crippen LogP contribution in [0.15, 0.2) is 12.4 Å². The average molecular weight is 231 g/mol. The van der Waals surface area contributed by atoms with Crippen molar-refractivity contribution in [1.82, 2.24) is 25.1 Å². The second-order valence-corrected chi connectivity index (χ2v) is 4.67. The van der Waals surface area contributed by atoms with Crippen molar-refractivity contribution in [2.75, 3.05) is 13.1 Å². The number of aromatic amines is 1. The van der Waals surface area contributed by atoms with E-state index in [4.69, 9.17) is 0 Å². The number of hydrogen-bond donors (Lipinski definition) is 2. The highest BCUT2D eigenvalue weighted by atomic mass is 15.2. The van der Waals surface area contributed by atoms with Gasteiger partial charge in [-0.2, -0.15) is 5.10 Å². The smallest absolute Gasteiger partial charge is 0.110 e. The molecule has 90 valence electrons. The maximum Gasteiger partial charge on any atom is 0.110 e. The summed E-state index contributed by atoms with van der Waals surface area (Å²) in [5.41, 5.74) is 3.24. The Balaban J connectivity index is 1.91. The topological polar surface area (TPSA) is 58.5 Å². The lowest BCUT2D eigenvalue weighted by atomic mass is 10.1. The highest BCUT2D eigenvalue weighted by Crippen LogP contribution is 2.24. The number of aromatic nitrogens is 4. The summed E-state index contributed by atoms with van der Waals surface area (Å²) in [7, 11) is 1.94. The Kier molecular flexibility index (Phi) is 2.48. The summed E-state index contributed by atoms with van der Waals surface area (Å²) in [6.07, 6.45) is 5.11. The molecule has 2 aromatic rings. The molecule has 0 spiro atoms. The van der Waals surface area contributed by atoms with Crippen LogP contribution in [0.1, 0.15) is 23.9 Å². The zero-order valence-electron chi connectivity index (χ0n) is 10.2. The van der Waals surface area contributed by atoms with Crippen molar-refractivity contribution in [2.45, 2.75) is 19.3 Å². The Morgan fingerprint density at radius 3 is 3.00 bits per heavy atom. The van der Waals surface area contributed by atoms with Crippen LogP contribution >= 0.6 is 0 Å². The maximum atomic E-state index is 4.49. The summed E-state index contributed by atoms with van der Waals surface area (Å²) < 4.78 is 1.84. The maximum absolute atomic E-state index is 4.49. The number of hydrogen-bond acceptors (Lipinski definition) is 3. The lowest BCUT2D eigenvalue weighted by Gasteiger charge is -2.02. The van der Waals surface area contributed by atoms with Crippen molar-refractivity contribution in [3.8, 4) is 11.3 Å². The van der Waals surface area contributed by atoms with Gasteiger partial charge in [-0.1, -0.05) is 0 Å². The normalized spacial score (nSPS) is 20.0. The standard InChI is InChI=1S/C12H17N5/c1-8-10(7-17(2)16-8)11-6-14-12(15-11)9-3-4-13-5-9/h6-7,9,13H,3-5H2,1-2H3,(H,14,15). The Labute approximate surface area is 100 Å². The zero-order valence-corrected chi connectivity index (χ0v) is 10.2. The van der Waals surface area contributed by atoms with Gasteiger partial charge in [0.15, 0.2) is 0 Å². The van der Waals surface area contributed by atoms with E-state index in [9.17, 15) is 0 Å². The van der Waals surface area contributed by atoms with E-state index in [1.54, 1.807) is 0 Å². The number of nitrogens with zero attached hydrogens (tertiary/aromatic N) is 3. The van der Waals surface area contributed by atoms with Gasteiger partial charge in [-0.3, -0.25) is 4.68 Å². The predicted octanol–water partition coefficient (Wildman–Crippen LogP) is 1.20. The molecule has 0 aromatic carbocycles. The Bertz CT molecular complexity index is 519. The van der Waals surface area contributed by atoms with Crippen molar-refractivity contribution in [2.24, 2.45) is 7.05 Å². The first-order valence-corrected chi connectivity index (χ1v) is 6.00. The van der Waals surface area contributed by atoms with Gasteiger partial charge in [0.05, 0.1) is 17.6 Å². The van der Waals surface area contributed by atoms with Crippen LogP contribution in [0, 0.1) is 6.92 Å². The third-order valence-electron chi connectivity index (χ3n) is 3.35. The first-order valence-electron chi connectivity index (χ1n) is 6.00. The molecule has 2 aromatic heterocycles. The molecule has 5 nitrogen and oxygen atoms in total. The third kappa shape index (κ3) is 1.86. The van der Waals surface area contributed by atoms with Crippen LogP contribution in [0.2, 0.25) is 0 Å². The first-order chi connectivity index (χ1) is 8.24. The molecule has 2 N–H and O–H groups in total. The molecule has 0 saturated carbocycles. The molecule has 1 fully saturated rings. The summed E-state index contributed by atoms with van der Waals surface area (Å²) in [4.78, 5) is 7.91. The quantitative estimate of drug-likeness (QED) is 0.816. The molecule has 1 unspecified atom stereocenters. The third-order valence-corrected chi connectivity index (χ3v) is 3.35. The lowest BCUT2D eigenvalue weighted by molar-refractivity contribution is 0.715. The van der Waals surface area contributed by atoms with Gasteiger partial charge in [0, 0.05) is 31.3 Å². The monoisotopic (exact) mass is 231 g/mol. The minimum atomic E-state index is 0.528. The summed E-state index contributed by atoms with van der Waals surface area (Å²) in [6.45, 7) is 4.14. The average Bonchev–Trinajstić information content (AvgIpc) is 2.97. The first kappa shape index (κ1) is 10.5. The number of imidazole rings is 1. The van der Waals surface area contributed by atoms with Gasteiger partial charge in [-0.15, -0.1) is 0 Å². The molecule has 0 amide bonds. The zero-order chi connectivity index (χ0) is 11.8. The van der Waals surface area contributed by atoms with Crippen molar-refractivity contribution < 1.29 is 0 Å². The Morgan fingerprint density at radius 2 is 2.35 bits per heavy atom. The van der Waals surface area contributed by atoms with E-state index >= 15 is 0 Å². The van der Waals surface area contributed by atoms with Gasteiger partial charge in [0.2, 0.25) is 0 Å². The number of aryl methyl sites for hydroxylation is 2.